The molecule has 0 radical (unpaired) electrons. The lowest BCUT2D eigenvalue weighted by molar-refractivity contribution is 0.0255. The molecule has 2 aliphatic rings. The Morgan fingerprint density at radius 2 is 1.78 bits per heavy atom. The first-order valence-corrected chi connectivity index (χ1v) is 11.0. The van der Waals surface area contributed by atoms with Gasteiger partial charge in [-0.3, -0.25) is 10.1 Å². The number of H-pyrrole nitrogens is 1. The number of aromatic nitrogens is 3. The first kappa shape index (κ1) is 19.1. The van der Waals surface area contributed by atoms with Gasteiger partial charge in [0.15, 0.2) is 0 Å². The average molecular weight is 425 g/mol. The Hall–Kier alpha value is -3.64. The lowest BCUT2D eigenvalue weighted by Gasteiger charge is -2.23. The highest BCUT2D eigenvalue weighted by Crippen LogP contribution is 2.41. The van der Waals surface area contributed by atoms with Crippen LogP contribution in [0.25, 0.3) is 33.8 Å². The van der Waals surface area contributed by atoms with Gasteiger partial charge in [0.2, 0.25) is 0 Å². The predicted octanol–water partition coefficient (Wildman–Crippen LogP) is 4.97. The number of phenolic OH excluding ortho intramolecular Hbond substituents is 1. The largest absolute Gasteiger partial charge is 0.508 e. The minimum atomic E-state index is 0.233. The van der Waals surface area contributed by atoms with Gasteiger partial charge >= 0.3 is 0 Å². The number of nitrogens with one attached hydrogen (secondary N) is 1. The molecule has 160 valence electrons. The molecule has 0 spiro atoms. The number of ether oxygens (including phenoxy) is 2. The number of pyridine rings is 1. The molecule has 6 nitrogen and oxygen atoms in total. The lowest BCUT2D eigenvalue weighted by atomic mass is 10.1. The second-order valence-corrected chi connectivity index (χ2v) is 8.33. The average Bonchev–Trinajstić information content (AvgIpc) is 3.39. The summed E-state index contributed by atoms with van der Waals surface area (Å²) in [5.74, 6) is 1.17. The molecule has 32 heavy (non-hydrogen) atoms. The van der Waals surface area contributed by atoms with Gasteiger partial charge in [-0.15, -0.1) is 0 Å². The number of benzene rings is 2. The van der Waals surface area contributed by atoms with Crippen molar-refractivity contribution in [1.29, 1.82) is 0 Å². The summed E-state index contributed by atoms with van der Waals surface area (Å²) in [6, 6.07) is 17.4. The van der Waals surface area contributed by atoms with E-state index in [0.29, 0.717) is 0 Å². The fourth-order valence-electron chi connectivity index (χ4n) is 4.55. The van der Waals surface area contributed by atoms with Gasteiger partial charge in [0.25, 0.3) is 0 Å². The predicted molar refractivity (Wildman–Crippen MR) is 122 cm³/mol. The summed E-state index contributed by atoms with van der Waals surface area (Å²) in [5.41, 5.74) is 8.46. The number of hydrogen-bond acceptors (Lipinski definition) is 5. The van der Waals surface area contributed by atoms with E-state index in [1.54, 1.807) is 12.1 Å². The number of phenols is 1. The summed E-state index contributed by atoms with van der Waals surface area (Å²) in [4.78, 5) is 4.62. The third-order valence-electron chi connectivity index (χ3n) is 6.25. The zero-order valence-electron chi connectivity index (χ0n) is 17.5. The summed E-state index contributed by atoms with van der Waals surface area (Å²) < 4.78 is 11.6. The van der Waals surface area contributed by atoms with Crippen molar-refractivity contribution in [3.05, 3.63) is 71.9 Å². The minimum absolute atomic E-state index is 0.233. The van der Waals surface area contributed by atoms with E-state index in [1.165, 1.54) is 16.7 Å². The van der Waals surface area contributed by atoms with Crippen LogP contribution in [0.3, 0.4) is 0 Å². The van der Waals surface area contributed by atoms with Gasteiger partial charge in [0.1, 0.15) is 17.6 Å². The van der Waals surface area contributed by atoms with Gasteiger partial charge in [0.05, 0.1) is 30.3 Å². The van der Waals surface area contributed by atoms with Crippen molar-refractivity contribution in [3.8, 4) is 45.3 Å². The van der Waals surface area contributed by atoms with E-state index in [-0.39, 0.29) is 11.9 Å². The highest BCUT2D eigenvalue weighted by Gasteiger charge is 2.26. The number of fused-ring (bicyclic) bond motifs is 3. The molecule has 6 heteroatoms. The van der Waals surface area contributed by atoms with E-state index >= 15 is 0 Å². The second kappa shape index (κ2) is 7.80. The molecule has 0 amide bonds. The van der Waals surface area contributed by atoms with Gasteiger partial charge < -0.3 is 14.6 Å². The first-order chi connectivity index (χ1) is 15.7. The van der Waals surface area contributed by atoms with Gasteiger partial charge in [-0.1, -0.05) is 0 Å². The molecule has 1 fully saturated rings. The van der Waals surface area contributed by atoms with E-state index in [4.69, 9.17) is 9.47 Å². The van der Waals surface area contributed by atoms with Crippen LogP contribution in [0.15, 0.2) is 60.8 Å². The quantitative estimate of drug-likeness (QED) is 0.425. The molecule has 0 saturated carbocycles. The highest BCUT2D eigenvalue weighted by molar-refractivity contribution is 5.81. The molecule has 0 atom stereocenters. The van der Waals surface area contributed by atoms with E-state index < -0.39 is 0 Å². The Balaban J connectivity index is 1.24. The number of rotatable bonds is 4. The molecule has 2 N–H and O–H groups in total. The smallest absolute Gasteiger partial charge is 0.120 e. The van der Waals surface area contributed by atoms with Crippen LogP contribution >= 0.6 is 0 Å². The van der Waals surface area contributed by atoms with Crippen LogP contribution in [0, 0.1) is 0 Å². The Labute approximate surface area is 185 Å². The van der Waals surface area contributed by atoms with Gasteiger partial charge in [0, 0.05) is 47.7 Å². The Bertz CT molecular complexity index is 1260. The van der Waals surface area contributed by atoms with Crippen molar-refractivity contribution in [3.63, 3.8) is 0 Å². The summed E-state index contributed by atoms with van der Waals surface area (Å²) in [7, 11) is 0. The molecular weight excluding hydrogens is 402 g/mol. The molecular formula is C26H23N3O3. The highest BCUT2D eigenvalue weighted by atomic mass is 16.5. The van der Waals surface area contributed by atoms with Crippen molar-refractivity contribution in [2.45, 2.75) is 25.4 Å². The molecule has 6 rings (SSSR count). The third kappa shape index (κ3) is 3.42. The fourth-order valence-corrected chi connectivity index (χ4v) is 4.55. The molecule has 3 heterocycles. The van der Waals surface area contributed by atoms with Crippen LogP contribution in [-0.2, 0) is 11.2 Å². The summed E-state index contributed by atoms with van der Waals surface area (Å²) in [6.07, 6.45) is 4.80. The van der Waals surface area contributed by atoms with E-state index in [1.807, 2.05) is 30.5 Å². The van der Waals surface area contributed by atoms with Crippen molar-refractivity contribution in [1.82, 2.24) is 15.2 Å². The number of hydrogen-bond donors (Lipinski definition) is 2. The van der Waals surface area contributed by atoms with Crippen molar-refractivity contribution >= 4 is 0 Å². The van der Waals surface area contributed by atoms with Crippen LogP contribution in [0.5, 0.6) is 11.5 Å². The van der Waals surface area contributed by atoms with Crippen molar-refractivity contribution in [2.24, 2.45) is 0 Å². The van der Waals surface area contributed by atoms with E-state index in [0.717, 1.165) is 66.4 Å². The molecule has 1 aliphatic carbocycles. The molecule has 0 unspecified atom stereocenters. The summed E-state index contributed by atoms with van der Waals surface area (Å²) in [6.45, 7) is 1.55. The Kier molecular flexibility index (Phi) is 4.65. The maximum atomic E-state index is 9.49. The zero-order chi connectivity index (χ0) is 21.5. The standard InChI is InChI=1S/C26H23N3O3/c30-19-4-1-16(2-5-19)24-8-3-17(15-27-24)25-23-14-18-13-21(32-20-9-11-31-12-10-20)6-7-22(18)26(23)29-28-25/h1-8,13,15,20,30H,9-12,14H2,(H,28,29). The normalized spacial score (nSPS) is 15.4. The Morgan fingerprint density at radius 1 is 0.969 bits per heavy atom. The molecule has 0 bridgehead atoms. The topological polar surface area (TPSA) is 80.3 Å². The first-order valence-electron chi connectivity index (χ1n) is 11.0. The fraction of sp³-hybridized carbons (Fsp3) is 0.231. The second-order valence-electron chi connectivity index (χ2n) is 8.33. The molecule has 1 saturated heterocycles. The molecule has 4 aromatic rings. The summed E-state index contributed by atoms with van der Waals surface area (Å²) in [5, 5.41) is 17.3. The number of aromatic amines is 1. The van der Waals surface area contributed by atoms with Crippen LogP contribution in [0.1, 0.15) is 24.0 Å². The SMILES string of the molecule is Oc1ccc(-c2ccc(-c3n[nH]c4c3Cc3cc(OC5CCOCC5)ccc3-4)cn2)cc1. The van der Waals surface area contributed by atoms with Crippen molar-refractivity contribution in [2.75, 3.05) is 13.2 Å². The lowest BCUT2D eigenvalue weighted by Crippen LogP contribution is -2.25. The molecule has 2 aromatic heterocycles. The maximum Gasteiger partial charge on any atom is 0.120 e. The van der Waals surface area contributed by atoms with E-state index in [2.05, 4.69) is 33.4 Å². The number of aromatic hydroxyl groups is 1. The molecule has 1 aliphatic heterocycles. The summed E-state index contributed by atoms with van der Waals surface area (Å²) >= 11 is 0. The van der Waals surface area contributed by atoms with Gasteiger partial charge in [-0.2, -0.15) is 5.10 Å². The van der Waals surface area contributed by atoms with Crippen LogP contribution in [0.2, 0.25) is 0 Å². The van der Waals surface area contributed by atoms with Crippen molar-refractivity contribution < 1.29 is 14.6 Å². The third-order valence-corrected chi connectivity index (χ3v) is 6.25. The zero-order valence-corrected chi connectivity index (χ0v) is 17.5. The van der Waals surface area contributed by atoms with Gasteiger partial charge in [-0.05, 0) is 60.2 Å². The van der Waals surface area contributed by atoms with Crippen LogP contribution in [0.4, 0.5) is 0 Å². The van der Waals surface area contributed by atoms with Crippen LogP contribution in [-0.4, -0.2) is 39.6 Å². The monoisotopic (exact) mass is 425 g/mol. The Morgan fingerprint density at radius 3 is 2.56 bits per heavy atom. The maximum absolute atomic E-state index is 9.49. The van der Waals surface area contributed by atoms with E-state index in [9.17, 15) is 5.11 Å². The molecule has 2 aromatic carbocycles. The van der Waals surface area contributed by atoms with Crippen LogP contribution < -0.4 is 4.74 Å². The number of nitrogens with zero attached hydrogens (tertiary/aromatic N) is 2. The minimum Gasteiger partial charge on any atom is -0.508 e. The van der Waals surface area contributed by atoms with Gasteiger partial charge in [-0.25, -0.2) is 0 Å².